The molecule has 0 spiro atoms. The Balaban J connectivity index is 0.000000467. The molecule has 1 aliphatic rings. The Bertz CT molecular complexity index is 1490. The van der Waals surface area contributed by atoms with Crippen molar-refractivity contribution in [3.8, 4) is 11.5 Å². The molecule has 0 unspecified atom stereocenters. The summed E-state index contributed by atoms with van der Waals surface area (Å²) in [6.45, 7) is 14.0. The summed E-state index contributed by atoms with van der Waals surface area (Å²) < 4.78 is 45.9. The molecule has 1 saturated heterocycles. The van der Waals surface area contributed by atoms with Gasteiger partial charge in [0.05, 0.1) is 36.1 Å². The first-order valence-electron chi connectivity index (χ1n) is 13.2. The van der Waals surface area contributed by atoms with Gasteiger partial charge in [-0.1, -0.05) is 11.6 Å². The van der Waals surface area contributed by atoms with Gasteiger partial charge in [-0.2, -0.15) is 0 Å². The zero-order valence-electron chi connectivity index (χ0n) is 25.1. The van der Waals surface area contributed by atoms with Gasteiger partial charge in [0.15, 0.2) is 0 Å². The van der Waals surface area contributed by atoms with Crippen molar-refractivity contribution in [3.05, 3.63) is 35.5 Å². The smallest absolute Gasteiger partial charge is 0.407 e. The molecule has 0 saturated carbocycles. The van der Waals surface area contributed by atoms with E-state index >= 15 is 0 Å². The van der Waals surface area contributed by atoms with Gasteiger partial charge in [-0.05, 0) is 53.7 Å². The van der Waals surface area contributed by atoms with Crippen molar-refractivity contribution in [2.45, 2.75) is 57.0 Å². The number of carboxylic acid groups (broad SMARTS) is 1. The highest BCUT2D eigenvalue weighted by Gasteiger charge is 2.26. The first-order chi connectivity index (χ1) is 19.4. The Morgan fingerprint density at radius 3 is 2.10 bits per heavy atom. The van der Waals surface area contributed by atoms with E-state index in [0.29, 0.717) is 43.1 Å². The molecule has 1 aliphatic heterocycles. The number of hydrogen-bond donors (Lipinski definition) is 2. The third-order valence-electron chi connectivity index (χ3n) is 5.85. The lowest BCUT2D eigenvalue weighted by Gasteiger charge is -2.34. The van der Waals surface area contributed by atoms with Crippen LogP contribution in [0.15, 0.2) is 34.7 Å². The normalized spacial score (nSPS) is 14.3. The molecule has 1 fully saturated rings. The number of pyridine rings is 1. The summed E-state index contributed by atoms with van der Waals surface area (Å²) in [6, 6.07) is 6.26. The van der Waals surface area contributed by atoms with Crippen LogP contribution in [0.3, 0.4) is 0 Å². The number of sulfonamides is 1. The van der Waals surface area contributed by atoms with Crippen LogP contribution in [-0.2, 0) is 14.8 Å². The minimum atomic E-state index is -3.96. The molecule has 1 amide bonds. The molecule has 3 aromatic rings. The molecule has 2 aromatic heterocycles. The van der Waals surface area contributed by atoms with Crippen LogP contribution in [0.1, 0.15) is 41.5 Å². The number of benzene rings is 1. The summed E-state index contributed by atoms with van der Waals surface area (Å²) in [5, 5.41) is 10.1. The first-order valence-corrected chi connectivity index (χ1v) is 15.9. The number of methoxy groups -OCH3 is 2. The van der Waals surface area contributed by atoms with E-state index in [1.807, 2.05) is 4.90 Å². The molecule has 0 bridgehead atoms. The lowest BCUT2D eigenvalue weighted by Crippen LogP contribution is -2.48. The van der Waals surface area contributed by atoms with Crippen LogP contribution in [0.5, 0.6) is 11.5 Å². The third-order valence-corrected chi connectivity index (χ3v) is 9.08. The molecule has 232 valence electrons. The van der Waals surface area contributed by atoms with Crippen LogP contribution in [0.4, 0.5) is 16.3 Å². The minimum absolute atomic E-state index is 0.0156. The number of nitrogens with zero attached hydrogens (tertiary/aromatic N) is 3. The SMILES string of the molecule is CC(C)(C)OC(C)(C)C.COc1cc(NS(=O)(=O)c2cc3c(N4CCN(C(=O)O)CC4)nccc3s2)c(OC)cc1Cl. The Labute approximate surface area is 256 Å². The molecule has 4 rings (SSSR count). The van der Waals surface area contributed by atoms with E-state index in [0.717, 1.165) is 16.0 Å². The van der Waals surface area contributed by atoms with Crippen molar-refractivity contribution < 1.29 is 32.5 Å². The van der Waals surface area contributed by atoms with Gasteiger partial charge >= 0.3 is 6.09 Å². The summed E-state index contributed by atoms with van der Waals surface area (Å²) in [7, 11) is -1.11. The Morgan fingerprint density at radius 2 is 1.60 bits per heavy atom. The molecular weight excluding hydrogens is 604 g/mol. The van der Waals surface area contributed by atoms with Gasteiger partial charge in [0, 0.05) is 54.6 Å². The molecule has 1 aromatic carbocycles. The van der Waals surface area contributed by atoms with Crippen molar-refractivity contribution in [2.24, 2.45) is 0 Å². The molecule has 0 atom stereocenters. The molecule has 11 nitrogen and oxygen atoms in total. The number of nitrogens with one attached hydrogen (secondary N) is 1. The third kappa shape index (κ3) is 8.76. The van der Waals surface area contributed by atoms with Gasteiger partial charge in [0.25, 0.3) is 10.0 Å². The lowest BCUT2D eigenvalue weighted by molar-refractivity contribution is -0.102. The number of amides is 1. The second-order valence-corrected chi connectivity index (χ2v) is 14.9. The highest BCUT2D eigenvalue weighted by molar-refractivity contribution is 7.94. The fourth-order valence-corrected chi connectivity index (χ4v) is 7.14. The Hall–Kier alpha value is -3.00. The standard InChI is InChI=1S/C20H21ClN4O6S2.C8H18O/c1-30-15-11-14(16(31-2)10-13(15)21)23-33(28,29)18-9-12-17(32-18)3-4-22-19(12)24-5-7-25(8-6-24)20(26)27;1-7(2,3)9-8(4,5)6/h3-4,9-11,23H,5-8H2,1-2H3,(H,26,27);1-6H3. The van der Waals surface area contributed by atoms with Crippen LogP contribution in [-0.4, -0.2) is 81.1 Å². The van der Waals surface area contributed by atoms with E-state index in [2.05, 4.69) is 51.2 Å². The van der Waals surface area contributed by atoms with E-state index in [4.69, 9.17) is 30.9 Å². The van der Waals surface area contributed by atoms with E-state index in [1.54, 1.807) is 18.3 Å². The van der Waals surface area contributed by atoms with Crippen molar-refractivity contribution in [3.63, 3.8) is 0 Å². The van der Waals surface area contributed by atoms with Crippen LogP contribution in [0, 0.1) is 0 Å². The molecule has 0 aliphatic carbocycles. The molecule has 14 heteroatoms. The molecule has 0 radical (unpaired) electrons. The van der Waals surface area contributed by atoms with E-state index in [-0.39, 0.29) is 31.9 Å². The summed E-state index contributed by atoms with van der Waals surface area (Å²) in [5.41, 5.74) is 0.163. The number of anilines is 2. The maximum atomic E-state index is 13.2. The maximum Gasteiger partial charge on any atom is 0.407 e. The topological polar surface area (TPSA) is 131 Å². The second-order valence-electron chi connectivity index (χ2n) is 11.5. The first kappa shape index (κ1) is 33.5. The van der Waals surface area contributed by atoms with Crippen LogP contribution < -0.4 is 19.1 Å². The highest BCUT2D eigenvalue weighted by Crippen LogP contribution is 2.39. The predicted octanol–water partition coefficient (Wildman–Crippen LogP) is 6.17. The van der Waals surface area contributed by atoms with Gasteiger partial charge in [-0.25, -0.2) is 18.2 Å². The average molecular weight is 643 g/mol. The van der Waals surface area contributed by atoms with Crippen molar-refractivity contribution >= 4 is 60.6 Å². The zero-order chi connectivity index (χ0) is 31.5. The number of halogens is 1. The quantitative estimate of drug-likeness (QED) is 0.324. The number of rotatable bonds is 6. The highest BCUT2D eigenvalue weighted by atomic mass is 35.5. The van der Waals surface area contributed by atoms with Crippen LogP contribution >= 0.6 is 22.9 Å². The predicted molar refractivity (Wildman–Crippen MR) is 167 cm³/mol. The maximum absolute atomic E-state index is 13.2. The largest absolute Gasteiger partial charge is 0.495 e. The molecular formula is C28H39ClN4O7S2. The Kier molecular flexibility index (Phi) is 10.5. The summed E-state index contributed by atoms with van der Waals surface area (Å²) in [5.74, 6) is 1.18. The van der Waals surface area contributed by atoms with Crippen LogP contribution in [0.2, 0.25) is 5.02 Å². The second kappa shape index (κ2) is 13.1. The van der Waals surface area contributed by atoms with Gasteiger partial charge in [0.1, 0.15) is 21.5 Å². The molecule has 42 heavy (non-hydrogen) atoms. The van der Waals surface area contributed by atoms with Crippen molar-refractivity contribution in [1.29, 1.82) is 0 Å². The number of fused-ring (bicyclic) bond motifs is 1. The minimum Gasteiger partial charge on any atom is -0.495 e. The van der Waals surface area contributed by atoms with Crippen LogP contribution in [0.25, 0.3) is 10.1 Å². The molecule has 2 N–H and O–H groups in total. The fraction of sp³-hybridized carbons (Fsp3) is 0.500. The number of piperazine rings is 1. The van der Waals surface area contributed by atoms with E-state index in [9.17, 15) is 13.2 Å². The number of ether oxygens (including phenoxy) is 3. The number of carbonyl (C=O) groups is 1. The zero-order valence-corrected chi connectivity index (χ0v) is 27.5. The monoisotopic (exact) mass is 642 g/mol. The van der Waals surface area contributed by atoms with Gasteiger partial charge in [-0.15, -0.1) is 11.3 Å². The summed E-state index contributed by atoms with van der Waals surface area (Å²) in [4.78, 5) is 18.9. The van der Waals surface area contributed by atoms with E-state index < -0.39 is 16.1 Å². The summed E-state index contributed by atoms with van der Waals surface area (Å²) >= 11 is 7.23. The molecule has 3 heterocycles. The van der Waals surface area contributed by atoms with Gasteiger partial charge in [0.2, 0.25) is 0 Å². The Morgan fingerprint density at radius 1 is 1.00 bits per heavy atom. The van der Waals surface area contributed by atoms with Gasteiger partial charge < -0.3 is 29.1 Å². The van der Waals surface area contributed by atoms with E-state index in [1.165, 1.54) is 31.3 Å². The van der Waals surface area contributed by atoms with Gasteiger partial charge in [-0.3, -0.25) is 4.72 Å². The number of thiophene rings is 1. The average Bonchev–Trinajstić information content (AvgIpc) is 3.33. The van der Waals surface area contributed by atoms with Crippen molar-refractivity contribution in [1.82, 2.24) is 9.88 Å². The number of hydrogen-bond acceptors (Lipinski definition) is 9. The number of aromatic nitrogens is 1. The lowest BCUT2D eigenvalue weighted by atomic mass is 10.1. The fourth-order valence-electron chi connectivity index (χ4n) is 4.47. The van der Waals surface area contributed by atoms with Crippen molar-refractivity contribution in [2.75, 3.05) is 50.0 Å². The summed E-state index contributed by atoms with van der Waals surface area (Å²) in [6.07, 6.45) is 0.666.